The average Bonchev–Trinajstić information content (AvgIpc) is 2.43. The molecule has 104 valence electrons. The fraction of sp³-hybridized carbons (Fsp3) is 0.250. The first-order chi connectivity index (χ1) is 9.65. The van der Waals surface area contributed by atoms with E-state index in [9.17, 15) is 4.79 Å². The molecule has 4 heteroatoms. The van der Waals surface area contributed by atoms with Gasteiger partial charge < -0.3 is 11.1 Å². The third-order valence-electron chi connectivity index (χ3n) is 3.01. The summed E-state index contributed by atoms with van der Waals surface area (Å²) in [6, 6.07) is 13.6. The van der Waals surface area contributed by atoms with E-state index in [1.807, 2.05) is 25.1 Å². The van der Waals surface area contributed by atoms with Gasteiger partial charge in [0.05, 0.1) is 0 Å². The molecule has 0 aliphatic carbocycles. The maximum atomic E-state index is 12.0. The summed E-state index contributed by atoms with van der Waals surface area (Å²) in [6.45, 7) is 2.47. The molecule has 2 aromatic rings. The molecule has 20 heavy (non-hydrogen) atoms. The minimum absolute atomic E-state index is 0.102. The van der Waals surface area contributed by atoms with Gasteiger partial charge in [0.25, 0.3) is 5.91 Å². The van der Waals surface area contributed by atoms with Crippen molar-refractivity contribution < 1.29 is 4.79 Å². The molecule has 0 bridgehead atoms. The van der Waals surface area contributed by atoms with Crippen molar-refractivity contribution in [3.05, 3.63) is 59.3 Å². The Kier molecular flexibility index (Phi) is 4.71. The molecular formula is C16H19N3O. The van der Waals surface area contributed by atoms with Gasteiger partial charge in [-0.3, -0.25) is 4.79 Å². The van der Waals surface area contributed by atoms with Crippen LogP contribution < -0.4 is 11.1 Å². The molecule has 0 fully saturated rings. The van der Waals surface area contributed by atoms with Crippen LogP contribution in [-0.2, 0) is 6.42 Å². The fourth-order valence-corrected chi connectivity index (χ4v) is 2.07. The van der Waals surface area contributed by atoms with Crippen molar-refractivity contribution in [3.8, 4) is 0 Å². The summed E-state index contributed by atoms with van der Waals surface area (Å²) in [4.78, 5) is 16.0. The Labute approximate surface area is 119 Å². The maximum absolute atomic E-state index is 12.0. The van der Waals surface area contributed by atoms with Crippen LogP contribution in [0.15, 0.2) is 42.5 Å². The predicted octanol–water partition coefficient (Wildman–Crippen LogP) is 2.33. The Bertz CT molecular complexity index is 561. The molecule has 0 unspecified atom stereocenters. The van der Waals surface area contributed by atoms with Crippen molar-refractivity contribution in [3.63, 3.8) is 0 Å². The number of rotatable bonds is 5. The van der Waals surface area contributed by atoms with E-state index >= 15 is 0 Å². The van der Waals surface area contributed by atoms with E-state index in [2.05, 4.69) is 22.4 Å². The molecule has 3 N–H and O–H groups in total. The Hall–Kier alpha value is -2.36. The van der Waals surface area contributed by atoms with Crippen LogP contribution >= 0.6 is 0 Å². The number of benzene rings is 1. The molecule has 0 atom stereocenters. The van der Waals surface area contributed by atoms with Crippen LogP contribution in [0, 0.1) is 6.92 Å². The van der Waals surface area contributed by atoms with E-state index in [0.717, 1.165) is 18.5 Å². The van der Waals surface area contributed by atoms with Gasteiger partial charge >= 0.3 is 0 Å². The lowest BCUT2D eigenvalue weighted by Crippen LogP contribution is -2.25. The van der Waals surface area contributed by atoms with E-state index < -0.39 is 0 Å². The van der Waals surface area contributed by atoms with Crippen LogP contribution in [0.2, 0.25) is 0 Å². The van der Waals surface area contributed by atoms with Gasteiger partial charge in [0.1, 0.15) is 5.82 Å². The molecule has 0 saturated carbocycles. The maximum Gasteiger partial charge on any atom is 0.251 e. The lowest BCUT2D eigenvalue weighted by molar-refractivity contribution is 0.0953. The number of aryl methyl sites for hydroxylation is 2. The molecule has 0 spiro atoms. The third kappa shape index (κ3) is 4.09. The summed E-state index contributed by atoms with van der Waals surface area (Å²) in [6.07, 6.45) is 1.87. The van der Waals surface area contributed by atoms with Gasteiger partial charge in [0.2, 0.25) is 0 Å². The predicted molar refractivity (Wildman–Crippen MR) is 80.5 cm³/mol. The average molecular weight is 269 g/mol. The smallest absolute Gasteiger partial charge is 0.251 e. The summed E-state index contributed by atoms with van der Waals surface area (Å²) in [7, 11) is 0. The number of nitrogens with zero attached hydrogens (tertiary/aromatic N) is 1. The van der Waals surface area contributed by atoms with Crippen molar-refractivity contribution in [1.82, 2.24) is 10.3 Å². The number of hydrogen-bond acceptors (Lipinski definition) is 3. The van der Waals surface area contributed by atoms with Crippen molar-refractivity contribution in [2.24, 2.45) is 0 Å². The summed E-state index contributed by atoms with van der Waals surface area (Å²) < 4.78 is 0. The monoisotopic (exact) mass is 269 g/mol. The first-order valence-corrected chi connectivity index (χ1v) is 6.71. The number of hydrogen-bond donors (Lipinski definition) is 2. The van der Waals surface area contributed by atoms with Gasteiger partial charge in [-0.2, -0.15) is 0 Å². The van der Waals surface area contributed by atoms with Gasteiger partial charge in [0, 0.05) is 17.8 Å². The molecule has 2 rings (SSSR count). The largest absolute Gasteiger partial charge is 0.384 e. The number of nitrogens with two attached hydrogens (primary N) is 1. The quantitative estimate of drug-likeness (QED) is 0.819. The number of carbonyl (C=O) groups is 1. The van der Waals surface area contributed by atoms with Gasteiger partial charge in [0.15, 0.2) is 0 Å². The topological polar surface area (TPSA) is 68.0 Å². The van der Waals surface area contributed by atoms with E-state index in [0.29, 0.717) is 17.9 Å². The van der Waals surface area contributed by atoms with Gasteiger partial charge in [-0.15, -0.1) is 0 Å². The standard InChI is InChI=1S/C16H19N3O/c1-12-10-14(11-15(17)19-12)16(20)18-9-5-8-13-6-3-2-4-7-13/h2-4,6-7,10-11H,5,8-9H2,1H3,(H2,17,19)(H,18,20). The second kappa shape index (κ2) is 6.70. The zero-order valence-electron chi connectivity index (χ0n) is 11.6. The normalized spacial score (nSPS) is 10.2. The zero-order valence-corrected chi connectivity index (χ0v) is 11.6. The highest BCUT2D eigenvalue weighted by atomic mass is 16.1. The second-order valence-electron chi connectivity index (χ2n) is 4.77. The number of carbonyl (C=O) groups excluding carboxylic acids is 1. The number of nitrogen functional groups attached to an aromatic ring is 1. The van der Waals surface area contributed by atoms with Crippen molar-refractivity contribution in [2.75, 3.05) is 12.3 Å². The molecule has 0 radical (unpaired) electrons. The lowest BCUT2D eigenvalue weighted by atomic mass is 10.1. The first kappa shape index (κ1) is 14.1. The summed E-state index contributed by atoms with van der Waals surface area (Å²) in [5.74, 6) is 0.273. The highest BCUT2D eigenvalue weighted by molar-refractivity contribution is 5.94. The van der Waals surface area contributed by atoms with Crippen LogP contribution in [0.5, 0.6) is 0 Å². The fourth-order valence-electron chi connectivity index (χ4n) is 2.07. The molecule has 1 aromatic heterocycles. The Morgan fingerprint density at radius 2 is 2.00 bits per heavy atom. The van der Waals surface area contributed by atoms with E-state index in [1.165, 1.54) is 5.56 Å². The summed E-state index contributed by atoms with van der Waals surface area (Å²) in [5.41, 5.74) is 8.23. The molecule has 0 aliphatic heterocycles. The molecule has 0 saturated heterocycles. The number of aromatic nitrogens is 1. The zero-order chi connectivity index (χ0) is 14.4. The summed E-state index contributed by atoms with van der Waals surface area (Å²) >= 11 is 0. The van der Waals surface area contributed by atoms with E-state index in [4.69, 9.17) is 5.73 Å². The van der Waals surface area contributed by atoms with E-state index in [-0.39, 0.29) is 5.91 Å². The first-order valence-electron chi connectivity index (χ1n) is 6.71. The van der Waals surface area contributed by atoms with Crippen molar-refractivity contribution in [2.45, 2.75) is 19.8 Å². The Balaban J connectivity index is 1.80. The van der Waals surface area contributed by atoms with Crippen molar-refractivity contribution in [1.29, 1.82) is 0 Å². The van der Waals surface area contributed by atoms with Crippen LogP contribution in [0.3, 0.4) is 0 Å². The summed E-state index contributed by atoms with van der Waals surface area (Å²) in [5, 5.41) is 2.90. The number of amides is 1. The highest BCUT2D eigenvalue weighted by Gasteiger charge is 2.06. The minimum Gasteiger partial charge on any atom is -0.384 e. The molecular weight excluding hydrogens is 250 g/mol. The Morgan fingerprint density at radius 1 is 1.25 bits per heavy atom. The molecule has 1 amide bonds. The van der Waals surface area contributed by atoms with Gasteiger partial charge in [-0.1, -0.05) is 30.3 Å². The van der Waals surface area contributed by atoms with Crippen LogP contribution in [0.25, 0.3) is 0 Å². The lowest BCUT2D eigenvalue weighted by Gasteiger charge is -2.06. The van der Waals surface area contributed by atoms with Crippen LogP contribution in [-0.4, -0.2) is 17.4 Å². The van der Waals surface area contributed by atoms with Crippen molar-refractivity contribution >= 4 is 11.7 Å². The number of pyridine rings is 1. The molecule has 4 nitrogen and oxygen atoms in total. The molecule has 1 aromatic carbocycles. The van der Waals surface area contributed by atoms with E-state index in [1.54, 1.807) is 12.1 Å². The third-order valence-corrected chi connectivity index (χ3v) is 3.01. The Morgan fingerprint density at radius 3 is 2.70 bits per heavy atom. The number of nitrogens with one attached hydrogen (secondary N) is 1. The highest BCUT2D eigenvalue weighted by Crippen LogP contribution is 2.07. The number of anilines is 1. The van der Waals surface area contributed by atoms with Gasteiger partial charge in [-0.05, 0) is 37.5 Å². The van der Waals surface area contributed by atoms with Gasteiger partial charge in [-0.25, -0.2) is 4.98 Å². The molecule has 0 aliphatic rings. The minimum atomic E-state index is -0.102. The van der Waals surface area contributed by atoms with Crippen LogP contribution in [0.1, 0.15) is 28.0 Å². The van der Waals surface area contributed by atoms with Crippen LogP contribution in [0.4, 0.5) is 5.82 Å². The second-order valence-corrected chi connectivity index (χ2v) is 4.77. The SMILES string of the molecule is Cc1cc(C(=O)NCCCc2ccccc2)cc(N)n1. The molecule has 1 heterocycles.